The molecule has 0 aromatic heterocycles. The summed E-state index contributed by atoms with van der Waals surface area (Å²) in [5.74, 6) is -0.506. The number of amides is 1. The van der Waals surface area contributed by atoms with Gasteiger partial charge in [-0.1, -0.05) is 12.1 Å². The van der Waals surface area contributed by atoms with Crippen LogP contribution in [0.4, 0.5) is 15.8 Å². The number of fused-ring (bicyclic) bond motifs is 1. The summed E-state index contributed by atoms with van der Waals surface area (Å²) < 4.78 is 13.5. The highest BCUT2D eigenvalue weighted by Gasteiger charge is 2.18. The van der Waals surface area contributed by atoms with E-state index in [0.29, 0.717) is 16.8 Å². The van der Waals surface area contributed by atoms with Gasteiger partial charge in [0.1, 0.15) is 5.82 Å². The topological polar surface area (TPSA) is 41.1 Å². The average Bonchev–Trinajstić information content (AvgIpc) is 2.51. The third-order valence-corrected chi connectivity index (χ3v) is 3.86. The Kier molecular flexibility index (Phi) is 3.60. The number of anilines is 2. The second-order valence-electron chi connectivity index (χ2n) is 5.23. The van der Waals surface area contributed by atoms with Crippen LogP contribution in [0.3, 0.4) is 0 Å². The first kappa shape index (κ1) is 13.6. The Balaban J connectivity index is 1.91. The molecule has 2 aromatic carbocycles. The number of carbonyl (C=O) groups excluding carboxylic acids is 1. The molecule has 0 fully saturated rings. The van der Waals surface area contributed by atoms with Gasteiger partial charge in [0.25, 0.3) is 5.91 Å². The Morgan fingerprint density at radius 2 is 2.05 bits per heavy atom. The standard InChI is InChI=1S/C17H17FN2O/c1-11-14(18)7-3-8-15(11)20-17(21)13-5-2-9-16-12(13)6-4-10-19-16/h2-3,5,7-9,19H,4,6,10H2,1H3,(H,20,21). The van der Waals surface area contributed by atoms with E-state index in [1.165, 1.54) is 6.07 Å². The minimum absolute atomic E-state index is 0.191. The lowest BCUT2D eigenvalue weighted by Crippen LogP contribution is -2.19. The van der Waals surface area contributed by atoms with Gasteiger partial charge in [0, 0.05) is 29.0 Å². The zero-order chi connectivity index (χ0) is 14.8. The van der Waals surface area contributed by atoms with E-state index in [-0.39, 0.29) is 11.7 Å². The second kappa shape index (κ2) is 5.56. The van der Waals surface area contributed by atoms with E-state index in [9.17, 15) is 9.18 Å². The summed E-state index contributed by atoms with van der Waals surface area (Å²) in [5.41, 5.74) is 3.68. The Bertz CT molecular complexity index is 697. The van der Waals surface area contributed by atoms with Crippen LogP contribution in [-0.4, -0.2) is 12.5 Å². The van der Waals surface area contributed by atoms with E-state index in [1.54, 1.807) is 19.1 Å². The molecule has 0 aliphatic carbocycles. The SMILES string of the molecule is Cc1c(F)cccc1NC(=O)c1cccc2c1CCCN2. The fourth-order valence-electron chi connectivity index (χ4n) is 2.66. The molecule has 1 aliphatic rings. The molecule has 3 rings (SSSR count). The number of halogens is 1. The molecule has 0 saturated carbocycles. The van der Waals surface area contributed by atoms with Crippen molar-refractivity contribution in [1.82, 2.24) is 0 Å². The molecule has 0 spiro atoms. The van der Waals surface area contributed by atoms with Crippen LogP contribution in [0, 0.1) is 12.7 Å². The predicted octanol–water partition coefficient (Wildman–Crippen LogP) is 3.74. The van der Waals surface area contributed by atoms with Crippen LogP contribution in [0.2, 0.25) is 0 Å². The Hall–Kier alpha value is -2.36. The summed E-state index contributed by atoms with van der Waals surface area (Å²) in [6, 6.07) is 10.4. The van der Waals surface area contributed by atoms with Gasteiger partial charge in [0.2, 0.25) is 0 Å². The molecule has 0 saturated heterocycles. The lowest BCUT2D eigenvalue weighted by Gasteiger charge is -2.20. The molecule has 21 heavy (non-hydrogen) atoms. The molecule has 1 heterocycles. The largest absolute Gasteiger partial charge is 0.385 e. The lowest BCUT2D eigenvalue weighted by atomic mass is 9.97. The first-order valence-electron chi connectivity index (χ1n) is 7.09. The first-order valence-corrected chi connectivity index (χ1v) is 7.09. The normalized spacial score (nSPS) is 13.2. The van der Waals surface area contributed by atoms with Crippen LogP contribution in [0.15, 0.2) is 36.4 Å². The molecule has 2 N–H and O–H groups in total. The van der Waals surface area contributed by atoms with Gasteiger partial charge in [0.05, 0.1) is 0 Å². The van der Waals surface area contributed by atoms with Crippen LogP contribution < -0.4 is 10.6 Å². The van der Waals surface area contributed by atoms with Gasteiger partial charge >= 0.3 is 0 Å². The Morgan fingerprint density at radius 1 is 1.24 bits per heavy atom. The van der Waals surface area contributed by atoms with Crippen molar-refractivity contribution in [1.29, 1.82) is 0 Å². The van der Waals surface area contributed by atoms with E-state index in [2.05, 4.69) is 10.6 Å². The Labute approximate surface area is 123 Å². The fraction of sp³-hybridized carbons (Fsp3) is 0.235. The molecule has 3 nitrogen and oxygen atoms in total. The molecule has 4 heteroatoms. The van der Waals surface area contributed by atoms with Crippen molar-refractivity contribution in [3.8, 4) is 0 Å². The molecule has 0 radical (unpaired) electrons. The van der Waals surface area contributed by atoms with Crippen molar-refractivity contribution >= 4 is 17.3 Å². The number of benzene rings is 2. The summed E-state index contributed by atoms with van der Waals surface area (Å²) in [6.45, 7) is 2.59. The summed E-state index contributed by atoms with van der Waals surface area (Å²) >= 11 is 0. The molecule has 1 amide bonds. The van der Waals surface area contributed by atoms with Gasteiger partial charge in [0.15, 0.2) is 0 Å². The molecular formula is C17H17FN2O. The Morgan fingerprint density at radius 3 is 2.90 bits per heavy atom. The minimum Gasteiger partial charge on any atom is -0.385 e. The molecular weight excluding hydrogens is 267 g/mol. The van der Waals surface area contributed by atoms with E-state index in [0.717, 1.165) is 30.6 Å². The van der Waals surface area contributed by atoms with Crippen LogP contribution >= 0.6 is 0 Å². The summed E-state index contributed by atoms with van der Waals surface area (Å²) in [6.07, 6.45) is 1.89. The van der Waals surface area contributed by atoms with Gasteiger partial charge < -0.3 is 10.6 Å². The van der Waals surface area contributed by atoms with Crippen molar-refractivity contribution in [2.24, 2.45) is 0 Å². The quantitative estimate of drug-likeness (QED) is 0.882. The van der Waals surface area contributed by atoms with Crippen LogP contribution in [0.5, 0.6) is 0 Å². The van der Waals surface area contributed by atoms with E-state index in [1.807, 2.05) is 18.2 Å². The maximum absolute atomic E-state index is 13.5. The maximum atomic E-state index is 13.5. The monoisotopic (exact) mass is 284 g/mol. The zero-order valence-electron chi connectivity index (χ0n) is 11.9. The van der Waals surface area contributed by atoms with Crippen LogP contribution in [-0.2, 0) is 6.42 Å². The number of hydrogen-bond donors (Lipinski definition) is 2. The summed E-state index contributed by atoms with van der Waals surface area (Å²) in [4.78, 5) is 12.5. The fourth-order valence-corrected chi connectivity index (χ4v) is 2.66. The smallest absolute Gasteiger partial charge is 0.256 e. The average molecular weight is 284 g/mol. The van der Waals surface area contributed by atoms with Crippen molar-refractivity contribution in [2.45, 2.75) is 19.8 Å². The number of carbonyl (C=O) groups is 1. The third kappa shape index (κ3) is 2.61. The van der Waals surface area contributed by atoms with Crippen LogP contribution in [0.1, 0.15) is 27.9 Å². The van der Waals surface area contributed by atoms with Gasteiger partial charge in [-0.2, -0.15) is 0 Å². The molecule has 0 bridgehead atoms. The van der Waals surface area contributed by atoms with Gasteiger partial charge in [-0.05, 0) is 49.6 Å². The van der Waals surface area contributed by atoms with Crippen molar-refractivity contribution in [3.63, 3.8) is 0 Å². The van der Waals surface area contributed by atoms with E-state index < -0.39 is 0 Å². The highest BCUT2D eigenvalue weighted by atomic mass is 19.1. The van der Waals surface area contributed by atoms with E-state index in [4.69, 9.17) is 0 Å². The molecule has 0 atom stereocenters. The maximum Gasteiger partial charge on any atom is 0.256 e. The summed E-state index contributed by atoms with van der Waals surface area (Å²) in [7, 11) is 0. The molecule has 1 aliphatic heterocycles. The first-order chi connectivity index (χ1) is 10.2. The van der Waals surface area contributed by atoms with Crippen LogP contribution in [0.25, 0.3) is 0 Å². The van der Waals surface area contributed by atoms with E-state index >= 15 is 0 Å². The number of rotatable bonds is 2. The van der Waals surface area contributed by atoms with Crippen molar-refractivity contribution < 1.29 is 9.18 Å². The zero-order valence-corrected chi connectivity index (χ0v) is 11.9. The van der Waals surface area contributed by atoms with Gasteiger partial charge in [-0.15, -0.1) is 0 Å². The van der Waals surface area contributed by atoms with Crippen molar-refractivity contribution in [2.75, 3.05) is 17.2 Å². The lowest BCUT2D eigenvalue weighted by molar-refractivity contribution is 0.102. The predicted molar refractivity (Wildman–Crippen MR) is 82.3 cm³/mol. The highest BCUT2D eigenvalue weighted by Crippen LogP contribution is 2.26. The highest BCUT2D eigenvalue weighted by molar-refractivity contribution is 6.06. The number of hydrogen-bond acceptors (Lipinski definition) is 2. The minimum atomic E-state index is -0.315. The van der Waals surface area contributed by atoms with Crippen molar-refractivity contribution in [3.05, 3.63) is 58.9 Å². The molecule has 0 unspecified atom stereocenters. The summed E-state index contributed by atoms with van der Waals surface area (Å²) in [5, 5.41) is 6.11. The molecule has 2 aromatic rings. The second-order valence-corrected chi connectivity index (χ2v) is 5.23. The van der Waals surface area contributed by atoms with Gasteiger partial charge in [-0.3, -0.25) is 4.79 Å². The van der Waals surface area contributed by atoms with Gasteiger partial charge in [-0.25, -0.2) is 4.39 Å². The molecule has 108 valence electrons. The third-order valence-electron chi connectivity index (χ3n) is 3.86. The number of nitrogens with one attached hydrogen (secondary N) is 2.